The predicted molar refractivity (Wildman–Crippen MR) is 112 cm³/mol. The van der Waals surface area contributed by atoms with Crippen LogP contribution in [0.15, 0.2) is 80.4 Å². The Kier molecular flexibility index (Phi) is 4.74. The van der Waals surface area contributed by atoms with Crippen molar-refractivity contribution >= 4 is 45.3 Å². The van der Waals surface area contributed by atoms with Crippen molar-refractivity contribution in [3.05, 3.63) is 71.1 Å². The molecule has 0 aliphatic heterocycles. The van der Waals surface area contributed by atoms with Gasteiger partial charge in [0.05, 0.1) is 15.9 Å². The Morgan fingerprint density at radius 2 is 1.73 bits per heavy atom. The first-order valence-corrected chi connectivity index (χ1v) is 10.5. The maximum atomic E-state index is 13.1. The second kappa shape index (κ2) is 7.17. The number of hydrogen-bond acceptors (Lipinski definition) is 4. The molecule has 3 nitrogen and oxygen atoms in total. The molecule has 2 aromatic carbocycles. The summed E-state index contributed by atoms with van der Waals surface area (Å²) < 4.78 is 2.14. The Hall–Kier alpha value is -2.24. The van der Waals surface area contributed by atoms with E-state index in [4.69, 9.17) is 0 Å². The van der Waals surface area contributed by atoms with E-state index in [-0.39, 0.29) is 5.43 Å². The van der Waals surface area contributed by atoms with Crippen LogP contribution in [0.5, 0.6) is 0 Å². The van der Waals surface area contributed by atoms with E-state index < -0.39 is 0 Å². The van der Waals surface area contributed by atoms with Crippen LogP contribution >= 0.6 is 23.5 Å². The third-order valence-electron chi connectivity index (χ3n) is 4.42. The van der Waals surface area contributed by atoms with Crippen LogP contribution in [-0.2, 0) is 6.54 Å². The van der Waals surface area contributed by atoms with Crippen LogP contribution in [0, 0.1) is 0 Å². The lowest BCUT2D eigenvalue weighted by molar-refractivity contribution is 0.775. The number of aryl methyl sites for hydroxylation is 1. The van der Waals surface area contributed by atoms with E-state index in [1.165, 1.54) is 0 Å². The molecule has 0 unspecified atom stereocenters. The van der Waals surface area contributed by atoms with Crippen LogP contribution < -0.4 is 5.43 Å². The molecular formula is C21H18N2OS2. The van der Waals surface area contributed by atoms with E-state index >= 15 is 0 Å². The quantitative estimate of drug-likeness (QED) is 0.443. The Balaban J connectivity index is 1.95. The van der Waals surface area contributed by atoms with Crippen LogP contribution in [0.4, 0.5) is 0 Å². The van der Waals surface area contributed by atoms with Gasteiger partial charge in [-0.15, -0.1) is 11.8 Å². The summed E-state index contributed by atoms with van der Waals surface area (Å²) in [5.74, 6) is 0. The molecule has 4 rings (SSSR count). The van der Waals surface area contributed by atoms with Crippen molar-refractivity contribution < 1.29 is 0 Å². The summed E-state index contributed by atoms with van der Waals surface area (Å²) in [4.78, 5) is 20.6. The molecule has 2 heterocycles. The average molecular weight is 379 g/mol. The number of para-hydroxylation sites is 2. The van der Waals surface area contributed by atoms with E-state index in [0.29, 0.717) is 0 Å². The number of nitrogens with zero attached hydrogens (tertiary/aromatic N) is 2. The van der Waals surface area contributed by atoms with E-state index in [0.717, 1.165) is 43.0 Å². The molecule has 5 heteroatoms. The molecule has 130 valence electrons. The fourth-order valence-corrected chi connectivity index (χ4v) is 4.98. The molecule has 0 N–H and O–H groups in total. The van der Waals surface area contributed by atoms with Gasteiger partial charge in [-0.25, -0.2) is 0 Å². The van der Waals surface area contributed by atoms with Crippen LogP contribution in [-0.4, -0.2) is 15.8 Å². The molecule has 0 aliphatic carbocycles. The topological polar surface area (TPSA) is 34.9 Å². The molecule has 0 fully saturated rings. The molecule has 0 saturated heterocycles. The van der Waals surface area contributed by atoms with Gasteiger partial charge in [-0.05, 0) is 31.4 Å². The summed E-state index contributed by atoms with van der Waals surface area (Å²) in [7, 11) is 0. The van der Waals surface area contributed by atoms with Crippen molar-refractivity contribution in [2.75, 3.05) is 6.26 Å². The minimum Gasteiger partial charge on any atom is -0.346 e. The highest BCUT2D eigenvalue weighted by Gasteiger charge is 2.14. The lowest BCUT2D eigenvalue weighted by Gasteiger charge is -2.13. The van der Waals surface area contributed by atoms with Gasteiger partial charge in [0, 0.05) is 39.5 Å². The largest absolute Gasteiger partial charge is 0.346 e. The monoisotopic (exact) mass is 378 g/mol. The first-order chi connectivity index (χ1) is 12.7. The number of benzene rings is 2. The van der Waals surface area contributed by atoms with Gasteiger partial charge in [-0.1, -0.05) is 42.1 Å². The van der Waals surface area contributed by atoms with Crippen molar-refractivity contribution in [3.63, 3.8) is 0 Å². The molecule has 0 saturated carbocycles. The zero-order chi connectivity index (χ0) is 18.1. The van der Waals surface area contributed by atoms with E-state index in [1.807, 2.05) is 61.1 Å². The van der Waals surface area contributed by atoms with Crippen LogP contribution in [0.25, 0.3) is 21.8 Å². The zero-order valence-electron chi connectivity index (χ0n) is 14.6. The van der Waals surface area contributed by atoms with Crippen molar-refractivity contribution in [2.24, 2.45) is 0 Å². The summed E-state index contributed by atoms with van der Waals surface area (Å²) in [5, 5.41) is 1.85. The van der Waals surface area contributed by atoms with Gasteiger partial charge < -0.3 is 4.57 Å². The summed E-state index contributed by atoms with van der Waals surface area (Å²) >= 11 is 3.20. The number of pyridine rings is 2. The standard InChI is InChI=1S/C21H18N2OS2/c1-3-23-13-19(20(24)15-9-5-7-11-17(15)23)26-21-14-8-4-6-10-16(14)22-12-18(21)25-2/h4-13H,3H2,1-2H3. The second-order valence-electron chi connectivity index (χ2n) is 5.90. The molecule has 0 spiro atoms. The number of fused-ring (bicyclic) bond motifs is 2. The number of thioether (sulfide) groups is 1. The minimum absolute atomic E-state index is 0.0863. The number of hydrogen-bond donors (Lipinski definition) is 0. The molecule has 26 heavy (non-hydrogen) atoms. The van der Waals surface area contributed by atoms with Gasteiger partial charge in [-0.3, -0.25) is 9.78 Å². The normalized spacial score (nSPS) is 11.3. The maximum Gasteiger partial charge on any atom is 0.203 e. The Morgan fingerprint density at radius 1 is 1.00 bits per heavy atom. The van der Waals surface area contributed by atoms with Crippen molar-refractivity contribution in [3.8, 4) is 0 Å². The van der Waals surface area contributed by atoms with Gasteiger partial charge in [-0.2, -0.15) is 0 Å². The van der Waals surface area contributed by atoms with Crippen LogP contribution in [0.2, 0.25) is 0 Å². The van der Waals surface area contributed by atoms with Crippen molar-refractivity contribution in [1.29, 1.82) is 0 Å². The van der Waals surface area contributed by atoms with E-state index in [1.54, 1.807) is 23.5 Å². The SMILES string of the molecule is CCn1cc(Sc2c(SC)cnc3ccccc23)c(=O)c2ccccc21. The number of rotatable bonds is 4. The summed E-state index contributed by atoms with van der Waals surface area (Å²) in [5.41, 5.74) is 2.02. The lowest BCUT2D eigenvalue weighted by Crippen LogP contribution is -2.11. The van der Waals surface area contributed by atoms with Gasteiger partial charge in [0.2, 0.25) is 5.43 Å². The Labute approximate surface area is 160 Å². The predicted octanol–water partition coefficient (Wildman–Crippen LogP) is 5.44. The van der Waals surface area contributed by atoms with Gasteiger partial charge in [0.15, 0.2) is 0 Å². The molecule has 0 aliphatic rings. The molecular weight excluding hydrogens is 360 g/mol. The second-order valence-corrected chi connectivity index (χ2v) is 7.80. The van der Waals surface area contributed by atoms with Crippen LogP contribution in [0.1, 0.15) is 6.92 Å². The highest BCUT2D eigenvalue weighted by molar-refractivity contribution is 8.02. The van der Waals surface area contributed by atoms with Crippen LogP contribution in [0.3, 0.4) is 0 Å². The highest BCUT2D eigenvalue weighted by atomic mass is 32.2. The molecule has 0 amide bonds. The third-order valence-corrected chi connectivity index (χ3v) is 6.45. The fraction of sp³-hybridized carbons (Fsp3) is 0.143. The molecule has 2 aromatic heterocycles. The first kappa shape index (κ1) is 17.2. The minimum atomic E-state index is 0.0863. The summed E-state index contributed by atoms with van der Waals surface area (Å²) in [6.07, 6.45) is 5.92. The van der Waals surface area contributed by atoms with Gasteiger partial charge >= 0.3 is 0 Å². The van der Waals surface area contributed by atoms with Gasteiger partial charge in [0.25, 0.3) is 0 Å². The fourth-order valence-electron chi connectivity index (χ4n) is 3.11. The summed E-state index contributed by atoms with van der Waals surface area (Å²) in [6, 6.07) is 15.9. The highest BCUT2D eigenvalue weighted by Crippen LogP contribution is 2.38. The molecule has 4 aromatic rings. The number of aromatic nitrogens is 2. The Bertz CT molecular complexity index is 1170. The smallest absolute Gasteiger partial charge is 0.203 e. The maximum absolute atomic E-state index is 13.1. The van der Waals surface area contributed by atoms with Crippen molar-refractivity contribution in [2.45, 2.75) is 28.2 Å². The molecule has 0 bridgehead atoms. The third kappa shape index (κ3) is 2.91. The zero-order valence-corrected chi connectivity index (χ0v) is 16.2. The van der Waals surface area contributed by atoms with E-state index in [2.05, 4.69) is 22.5 Å². The van der Waals surface area contributed by atoms with E-state index in [9.17, 15) is 4.79 Å². The summed E-state index contributed by atoms with van der Waals surface area (Å²) in [6.45, 7) is 2.92. The molecule has 0 atom stereocenters. The van der Waals surface area contributed by atoms with Gasteiger partial charge in [0.1, 0.15) is 0 Å². The lowest BCUT2D eigenvalue weighted by atomic mass is 10.2. The van der Waals surface area contributed by atoms with Crippen molar-refractivity contribution in [1.82, 2.24) is 9.55 Å². The first-order valence-electron chi connectivity index (χ1n) is 8.44. The average Bonchev–Trinajstić information content (AvgIpc) is 2.70. The Morgan fingerprint density at radius 3 is 2.50 bits per heavy atom. The molecule has 0 radical (unpaired) electrons.